The van der Waals surface area contributed by atoms with Crippen molar-refractivity contribution in [2.24, 2.45) is 0 Å². The molecule has 37 heavy (non-hydrogen) atoms. The molecule has 1 N–H and O–H groups in total. The summed E-state index contributed by atoms with van der Waals surface area (Å²) in [4.78, 5) is 26.2. The first-order valence-electron chi connectivity index (χ1n) is 11.4. The Balaban J connectivity index is 1.44. The van der Waals surface area contributed by atoms with Crippen molar-refractivity contribution in [3.05, 3.63) is 107 Å². The maximum Gasteiger partial charge on any atom is 0.285 e. The molecule has 1 fully saturated rings. The monoisotopic (exact) mass is 526 g/mol. The molecule has 1 aliphatic rings. The van der Waals surface area contributed by atoms with Gasteiger partial charge in [-0.3, -0.25) is 15.0 Å². The highest BCUT2D eigenvalue weighted by molar-refractivity contribution is 8.26. The average Bonchev–Trinajstić information content (AvgIpc) is 3.46. The molecule has 184 valence electrons. The highest BCUT2D eigenvalue weighted by Gasteiger charge is 2.34. The average molecular weight is 527 g/mol. The molecule has 5 rings (SSSR count). The number of hydrazine groups is 1. The number of carbonyl (C=O) groups excluding carboxylic acids is 2. The number of hydrogen-bond acceptors (Lipinski definition) is 6. The minimum atomic E-state index is -0.385. The molecule has 1 aliphatic heterocycles. The zero-order valence-corrected chi connectivity index (χ0v) is 21.5. The summed E-state index contributed by atoms with van der Waals surface area (Å²) in [6, 6.07) is 26.6. The summed E-state index contributed by atoms with van der Waals surface area (Å²) in [5.41, 5.74) is 6.68. The van der Waals surface area contributed by atoms with E-state index in [1.807, 2.05) is 91.1 Å². The predicted molar refractivity (Wildman–Crippen MR) is 149 cm³/mol. The smallest absolute Gasteiger partial charge is 0.285 e. The largest absolute Gasteiger partial charge is 0.497 e. The molecule has 2 amide bonds. The van der Waals surface area contributed by atoms with Gasteiger partial charge in [-0.2, -0.15) is 10.1 Å². The van der Waals surface area contributed by atoms with E-state index in [4.69, 9.17) is 22.1 Å². The molecule has 1 saturated heterocycles. The van der Waals surface area contributed by atoms with Crippen LogP contribution in [0.25, 0.3) is 23.0 Å². The summed E-state index contributed by atoms with van der Waals surface area (Å²) in [6.45, 7) is 0. The van der Waals surface area contributed by atoms with Gasteiger partial charge in [-0.05, 0) is 60.3 Å². The number of thioether (sulfide) groups is 1. The van der Waals surface area contributed by atoms with Crippen LogP contribution in [0, 0.1) is 0 Å². The number of benzene rings is 3. The molecule has 4 aromatic rings. The molecule has 0 radical (unpaired) electrons. The number of para-hydroxylation sites is 1. The van der Waals surface area contributed by atoms with E-state index in [1.54, 1.807) is 17.9 Å². The lowest BCUT2D eigenvalue weighted by atomic mass is 10.1. The van der Waals surface area contributed by atoms with Gasteiger partial charge in [0.2, 0.25) is 5.91 Å². The van der Waals surface area contributed by atoms with Crippen LogP contribution in [0.4, 0.5) is 0 Å². The molecule has 0 atom stereocenters. The molecule has 0 bridgehead atoms. The zero-order valence-electron chi connectivity index (χ0n) is 19.8. The second-order valence-corrected chi connectivity index (χ2v) is 9.83. The van der Waals surface area contributed by atoms with Crippen molar-refractivity contribution in [2.45, 2.75) is 6.42 Å². The number of nitrogens with zero attached hydrogens (tertiary/aromatic N) is 3. The Bertz CT molecular complexity index is 1480. The van der Waals surface area contributed by atoms with Crippen LogP contribution in [0.2, 0.25) is 0 Å². The number of aromatic nitrogens is 2. The van der Waals surface area contributed by atoms with Gasteiger partial charge in [-0.25, -0.2) is 4.68 Å². The van der Waals surface area contributed by atoms with E-state index in [9.17, 15) is 9.59 Å². The summed E-state index contributed by atoms with van der Waals surface area (Å²) in [5.74, 6) is 0.0315. The number of amides is 2. The van der Waals surface area contributed by atoms with Gasteiger partial charge >= 0.3 is 0 Å². The fourth-order valence-electron chi connectivity index (χ4n) is 3.83. The molecular formula is C28H22N4O3S2. The van der Waals surface area contributed by atoms with Gasteiger partial charge in [-0.15, -0.1) is 0 Å². The Morgan fingerprint density at radius 3 is 2.38 bits per heavy atom. The second-order valence-electron chi connectivity index (χ2n) is 8.16. The minimum absolute atomic E-state index is 0.141. The Labute approximate surface area is 223 Å². The Morgan fingerprint density at radius 2 is 1.70 bits per heavy atom. The summed E-state index contributed by atoms with van der Waals surface area (Å²) in [5, 5.41) is 5.93. The van der Waals surface area contributed by atoms with Crippen LogP contribution in [0.3, 0.4) is 0 Å². The maximum atomic E-state index is 13.2. The van der Waals surface area contributed by atoms with Gasteiger partial charge < -0.3 is 4.74 Å². The summed E-state index contributed by atoms with van der Waals surface area (Å²) >= 11 is 6.54. The van der Waals surface area contributed by atoms with Crippen LogP contribution in [0.5, 0.6) is 5.75 Å². The summed E-state index contributed by atoms with van der Waals surface area (Å²) in [7, 11) is 1.62. The van der Waals surface area contributed by atoms with Crippen molar-refractivity contribution < 1.29 is 14.3 Å². The third kappa shape index (κ3) is 5.47. The standard InChI is InChI=1S/C28H22N4O3S2/c1-35-23-14-12-20(13-15-23)26-21(18-31(30-26)22-10-6-3-7-11-22)17-24-27(34)32(28(36)37-24)29-25(33)16-19-8-4-2-5-9-19/h2-15,17-18H,16H2,1H3,(H,29,33)/b24-17-. The third-order valence-electron chi connectivity index (χ3n) is 5.65. The maximum absolute atomic E-state index is 13.2. The Morgan fingerprint density at radius 1 is 1.03 bits per heavy atom. The van der Waals surface area contributed by atoms with Crippen molar-refractivity contribution in [3.63, 3.8) is 0 Å². The minimum Gasteiger partial charge on any atom is -0.497 e. The lowest BCUT2D eigenvalue weighted by Crippen LogP contribution is -2.45. The van der Waals surface area contributed by atoms with E-state index in [0.717, 1.165) is 44.9 Å². The van der Waals surface area contributed by atoms with Crippen molar-refractivity contribution >= 4 is 46.2 Å². The molecule has 9 heteroatoms. The van der Waals surface area contributed by atoms with E-state index in [-0.39, 0.29) is 22.6 Å². The van der Waals surface area contributed by atoms with Crippen LogP contribution in [-0.4, -0.2) is 38.0 Å². The lowest BCUT2D eigenvalue weighted by Gasteiger charge is -2.15. The van der Waals surface area contributed by atoms with E-state index in [1.165, 1.54) is 0 Å². The van der Waals surface area contributed by atoms with Crippen molar-refractivity contribution in [1.29, 1.82) is 0 Å². The highest BCUT2D eigenvalue weighted by Crippen LogP contribution is 2.34. The van der Waals surface area contributed by atoms with E-state index in [2.05, 4.69) is 5.43 Å². The Kier molecular flexibility index (Phi) is 7.16. The molecule has 0 unspecified atom stereocenters. The molecule has 1 aromatic heterocycles. The van der Waals surface area contributed by atoms with Crippen LogP contribution in [0.15, 0.2) is 96.0 Å². The van der Waals surface area contributed by atoms with E-state index < -0.39 is 0 Å². The summed E-state index contributed by atoms with van der Waals surface area (Å²) < 4.78 is 7.32. The third-order valence-corrected chi connectivity index (χ3v) is 6.95. The van der Waals surface area contributed by atoms with Crippen LogP contribution >= 0.6 is 24.0 Å². The number of nitrogens with one attached hydrogen (secondary N) is 1. The molecule has 2 heterocycles. The fraction of sp³-hybridized carbons (Fsp3) is 0.0714. The number of methoxy groups -OCH3 is 1. The van der Waals surface area contributed by atoms with Gasteiger partial charge in [0.25, 0.3) is 5.91 Å². The highest BCUT2D eigenvalue weighted by atomic mass is 32.2. The Hall–Kier alpha value is -4.21. The first kappa shape index (κ1) is 24.5. The van der Waals surface area contributed by atoms with Gasteiger partial charge in [0.15, 0.2) is 4.32 Å². The molecule has 0 spiro atoms. The van der Waals surface area contributed by atoms with Crippen LogP contribution in [0.1, 0.15) is 11.1 Å². The molecule has 0 saturated carbocycles. The van der Waals surface area contributed by atoms with Crippen molar-refractivity contribution in [2.75, 3.05) is 7.11 Å². The van der Waals surface area contributed by atoms with Crippen LogP contribution < -0.4 is 10.2 Å². The first-order valence-corrected chi connectivity index (χ1v) is 12.6. The zero-order chi connectivity index (χ0) is 25.8. The van der Waals surface area contributed by atoms with E-state index in [0.29, 0.717) is 10.6 Å². The van der Waals surface area contributed by atoms with Crippen molar-refractivity contribution in [3.8, 4) is 22.7 Å². The first-order chi connectivity index (χ1) is 18.0. The van der Waals surface area contributed by atoms with Crippen LogP contribution in [-0.2, 0) is 16.0 Å². The number of hydrogen-bond donors (Lipinski definition) is 1. The normalized spacial score (nSPS) is 14.3. The number of thiocarbonyl (C=S) groups is 1. The molecular weight excluding hydrogens is 504 g/mol. The van der Waals surface area contributed by atoms with Crippen molar-refractivity contribution in [1.82, 2.24) is 20.2 Å². The van der Waals surface area contributed by atoms with Gasteiger partial charge in [0.05, 0.1) is 29.8 Å². The number of rotatable bonds is 7. The molecule has 0 aliphatic carbocycles. The fourth-order valence-corrected chi connectivity index (χ4v) is 5.00. The predicted octanol–water partition coefficient (Wildman–Crippen LogP) is 5.02. The second kappa shape index (κ2) is 10.8. The van der Waals surface area contributed by atoms with Gasteiger partial charge in [0, 0.05) is 17.3 Å². The number of ether oxygens (including phenoxy) is 1. The van der Waals surface area contributed by atoms with Gasteiger partial charge in [-0.1, -0.05) is 60.3 Å². The molecule has 3 aromatic carbocycles. The molecule has 7 nitrogen and oxygen atoms in total. The van der Waals surface area contributed by atoms with Gasteiger partial charge in [0.1, 0.15) is 5.75 Å². The summed E-state index contributed by atoms with van der Waals surface area (Å²) in [6.07, 6.45) is 3.77. The number of carbonyl (C=O) groups is 2. The topological polar surface area (TPSA) is 76.5 Å². The SMILES string of the molecule is COc1ccc(-c2nn(-c3ccccc3)cc2/C=C2\SC(=S)N(NC(=O)Cc3ccccc3)C2=O)cc1. The lowest BCUT2D eigenvalue weighted by molar-refractivity contribution is -0.132. The van der Waals surface area contributed by atoms with E-state index >= 15 is 0 Å². The quantitative estimate of drug-likeness (QED) is 0.269.